The van der Waals surface area contributed by atoms with Crippen molar-refractivity contribution in [1.29, 1.82) is 0 Å². The second-order valence-corrected chi connectivity index (χ2v) is 5.06. The number of fused-ring (bicyclic) bond motifs is 1. The highest BCUT2D eigenvalue weighted by Gasteiger charge is 2.20. The van der Waals surface area contributed by atoms with E-state index in [9.17, 15) is 0 Å². The van der Waals surface area contributed by atoms with Gasteiger partial charge in [-0.05, 0) is 48.1 Å². The van der Waals surface area contributed by atoms with E-state index < -0.39 is 0 Å². The highest BCUT2D eigenvalue weighted by Crippen LogP contribution is 2.21. The molecule has 0 atom stereocenters. The Hall–Kier alpha value is -1.67. The lowest BCUT2D eigenvalue weighted by molar-refractivity contribution is 0.531. The minimum atomic E-state index is 0.571. The number of hydrogen-bond donors (Lipinski definition) is 1. The molecule has 0 saturated heterocycles. The quantitative estimate of drug-likeness (QED) is 0.889. The number of hydrogen-bond acceptors (Lipinski definition) is 2. The summed E-state index contributed by atoms with van der Waals surface area (Å²) < 4.78 is 0. The van der Waals surface area contributed by atoms with E-state index in [4.69, 9.17) is 0 Å². The second-order valence-electron chi connectivity index (χ2n) is 5.06. The van der Waals surface area contributed by atoms with Crippen LogP contribution in [-0.4, -0.2) is 11.0 Å². The molecule has 0 unspecified atom stereocenters. The second kappa shape index (κ2) is 4.91. The third kappa shape index (κ3) is 2.29. The van der Waals surface area contributed by atoms with E-state index in [1.54, 1.807) is 0 Å². The summed E-state index contributed by atoms with van der Waals surface area (Å²) in [7, 11) is 0. The van der Waals surface area contributed by atoms with Crippen molar-refractivity contribution in [1.82, 2.24) is 10.3 Å². The van der Waals surface area contributed by atoms with E-state index in [1.165, 1.54) is 22.3 Å². The van der Waals surface area contributed by atoms with Gasteiger partial charge in [-0.3, -0.25) is 4.98 Å². The highest BCUT2D eigenvalue weighted by atomic mass is 14.9. The molecular formula is C16H18N2. The summed E-state index contributed by atoms with van der Waals surface area (Å²) in [5.41, 5.74) is 5.61. The van der Waals surface area contributed by atoms with Crippen molar-refractivity contribution in [2.24, 2.45) is 0 Å². The summed E-state index contributed by atoms with van der Waals surface area (Å²) in [6.07, 6.45) is 6.11. The van der Waals surface area contributed by atoms with E-state index in [0.717, 1.165) is 19.4 Å². The van der Waals surface area contributed by atoms with Gasteiger partial charge in [0.2, 0.25) is 0 Å². The third-order valence-electron chi connectivity index (χ3n) is 3.78. The summed E-state index contributed by atoms with van der Waals surface area (Å²) in [5.74, 6) is 0. The summed E-state index contributed by atoms with van der Waals surface area (Å²) in [4.78, 5) is 4.19. The van der Waals surface area contributed by atoms with Gasteiger partial charge in [0.25, 0.3) is 0 Å². The molecule has 0 amide bonds. The molecule has 0 spiro atoms. The molecule has 0 fully saturated rings. The largest absolute Gasteiger partial charge is 0.309 e. The van der Waals surface area contributed by atoms with E-state index in [1.807, 2.05) is 12.4 Å². The monoisotopic (exact) mass is 238 g/mol. The molecule has 2 heteroatoms. The van der Waals surface area contributed by atoms with Gasteiger partial charge in [-0.2, -0.15) is 0 Å². The lowest BCUT2D eigenvalue weighted by Crippen LogP contribution is -2.29. The number of nitrogens with zero attached hydrogens (tertiary/aromatic N) is 1. The molecule has 1 aromatic carbocycles. The predicted molar refractivity (Wildman–Crippen MR) is 73.5 cm³/mol. The summed E-state index contributed by atoms with van der Waals surface area (Å²) in [6.45, 7) is 3.06. The molecule has 1 aromatic heterocycles. The van der Waals surface area contributed by atoms with Crippen molar-refractivity contribution < 1.29 is 0 Å². The van der Waals surface area contributed by atoms with Crippen LogP contribution < -0.4 is 5.32 Å². The average molecular weight is 238 g/mol. The van der Waals surface area contributed by atoms with Gasteiger partial charge in [-0.25, -0.2) is 0 Å². The lowest BCUT2D eigenvalue weighted by Gasteiger charge is -2.12. The summed E-state index contributed by atoms with van der Waals surface area (Å²) in [5, 5.41) is 3.65. The first kappa shape index (κ1) is 11.4. The first-order chi connectivity index (χ1) is 8.83. The van der Waals surface area contributed by atoms with Crippen molar-refractivity contribution in [3.63, 3.8) is 0 Å². The zero-order chi connectivity index (χ0) is 12.4. The predicted octanol–water partition coefficient (Wildman–Crippen LogP) is 2.65. The van der Waals surface area contributed by atoms with Crippen LogP contribution in [0.4, 0.5) is 0 Å². The van der Waals surface area contributed by atoms with Crippen molar-refractivity contribution in [2.75, 3.05) is 0 Å². The van der Waals surface area contributed by atoms with Crippen LogP contribution in [0, 0.1) is 6.92 Å². The van der Waals surface area contributed by atoms with Gasteiger partial charge in [-0.1, -0.05) is 24.3 Å². The minimum Gasteiger partial charge on any atom is -0.309 e. The van der Waals surface area contributed by atoms with Crippen LogP contribution in [0.2, 0.25) is 0 Å². The van der Waals surface area contributed by atoms with Crippen LogP contribution in [0.3, 0.4) is 0 Å². The normalized spacial score (nSPS) is 14.7. The number of pyridine rings is 1. The van der Waals surface area contributed by atoms with Gasteiger partial charge in [0.15, 0.2) is 0 Å². The molecule has 1 N–H and O–H groups in total. The first-order valence-corrected chi connectivity index (χ1v) is 6.52. The minimum absolute atomic E-state index is 0.571. The van der Waals surface area contributed by atoms with Gasteiger partial charge in [0.1, 0.15) is 0 Å². The first-order valence-electron chi connectivity index (χ1n) is 6.52. The highest BCUT2D eigenvalue weighted by molar-refractivity contribution is 5.33. The van der Waals surface area contributed by atoms with Crippen LogP contribution in [0.5, 0.6) is 0 Å². The third-order valence-corrected chi connectivity index (χ3v) is 3.78. The Labute approximate surface area is 108 Å². The van der Waals surface area contributed by atoms with Gasteiger partial charge >= 0.3 is 0 Å². The molecule has 2 aromatic rings. The van der Waals surface area contributed by atoms with Gasteiger partial charge in [0.05, 0.1) is 0 Å². The smallest absolute Gasteiger partial charge is 0.0315 e. The maximum absolute atomic E-state index is 4.19. The standard InChI is InChI=1S/C16H18N2/c1-12-6-7-17-10-15(12)11-18-16-8-13-4-2-3-5-14(13)9-16/h2-7,10,16,18H,8-9,11H2,1H3. The van der Waals surface area contributed by atoms with Crippen LogP contribution in [0.1, 0.15) is 22.3 Å². The number of rotatable bonds is 3. The SMILES string of the molecule is Cc1ccncc1CNC1Cc2ccccc2C1. The molecule has 2 nitrogen and oxygen atoms in total. The van der Waals surface area contributed by atoms with Gasteiger partial charge in [0, 0.05) is 25.0 Å². The molecule has 18 heavy (non-hydrogen) atoms. The fraction of sp³-hybridized carbons (Fsp3) is 0.312. The molecule has 1 aliphatic carbocycles. The average Bonchev–Trinajstić information content (AvgIpc) is 2.80. The lowest BCUT2D eigenvalue weighted by atomic mass is 10.1. The number of nitrogens with one attached hydrogen (secondary N) is 1. The Bertz CT molecular complexity index is 523. The molecule has 0 radical (unpaired) electrons. The van der Waals surface area contributed by atoms with Crippen molar-refractivity contribution >= 4 is 0 Å². The number of aromatic nitrogens is 1. The van der Waals surface area contributed by atoms with Crippen LogP contribution >= 0.6 is 0 Å². The Morgan fingerprint density at radius 2 is 1.89 bits per heavy atom. The van der Waals surface area contributed by atoms with Crippen molar-refractivity contribution in [2.45, 2.75) is 32.4 Å². The molecule has 1 aliphatic rings. The van der Waals surface area contributed by atoms with Crippen LogP contribution in [0.25, 0.3) is 0 Å². The number of benzene rings is 1. The summed E-state index contributed by atoms with van der Waals surface area (Å²) in [6, 6.07) is 11.4. The van der Waals surface area contributed by atoms with E-state index in [-0.39, 0.29) is 0 Å². The Balaban J connectivity index is 1.62. The fourth-order valence-corrected chi connectivity index (χ4v) is 2.64. The molecule has 0 saturated carbocycles. The molecule has 1 heterocycles. The van der Waals surface area contributed by atoms with Crippen LogP contribution in [-0.2, 0) is 19.4 Å². The fourth-order valence-electron chi connectivity index (χ4n) is 2.64. The molecule has 92 valence electrons. The zero-order valence-electron chi connectivity index (χ0n) is 10.7. The molecule has 0 bridgehead atoms. The van der Waals surface area contributed by atoms with Gasteiger partial charge in [-0.15, -0.1) is 0 Å². The molecule has 3 rings (SSSR count). The Morgan fingerprint density at radius 1 is 1.17 bits per heavy atom. The Morgan fingerprint density at radius 3 is 2.56 bits per heavy atom. The topological polar surface area (TPSA) is 24.9 Å². The maximum Gasteiger partial charge on any atom is 0.0315 e. The van der Waals surface area contributed by atoms with E-state index in [0.29, 0.717) is 6.04 Å². The molecular weight excluding hydrogens is 220 g/mol. The van der Waals surface area contributed by atoms with Crippen molar-refractivity contribution in [3.05, 3.63) is 65.0 Å². The maximum atomic E-state index is 4.19. The van der Waals surface area contributed by atoms with Crippen LogP contribution in [0.15, 0.2) is 42.7 Å². The molecule has 0 aliphatic heterocycles. The summed E-state index contributed by atoms with van der Waals surface area (Å²) >= 11 is 0. The Kier molecular flexibility index (Phi) is 3.11. The van der Waals surface area contributed by atoms with E-state index >= 15 is 0 Å². The number of aryl methyl sites for hydroxylation is 1. The van der Waals surface area contributed by atoms with Gasteiger partial charge < -0.3 is 5.32 Å². The van der Waals surface area contributed by atoms with E-state index in [2.05, 4.69) is 47.6 Å². The zero-order valence-corrected chi connectivity index (χ0v) is 10.7. The van der Waals surface area contributed by atoms with Crippen molar-refractivity contribution in [3.8, 4) is 0 Å².